The lowest BCUT2D eigenvalue weighted by atomic mass is 10.1. The molecule has 1 N–H and O–H groups in total. The molecule has 1 unspecified atom stereocenters. The molecule has 4 heteroatoms. The number of benzene rings is 2. The molecular weight excluding hydrogens is 276 g/mol. The standard InChI is InChI=1S/C18H20N2O2/c1-12-4-7-15(8-5-12)19-18(21)20-11-14(3)22-17-9-6-13(2)10-16(17)20/h4-10,14H,11H2,1-3H3,(H,19,21). The number of aryl methyl sites for hydroxylation is 2. The van der Waals surface area contributed by atoms with Crippen molar-refractivity contribution in [3.8, 4) is 5.75 Å². The molecule has 22 heavy (non-hydrogen) atoms. The number of ether oxygens (including phenoxy) is 1. The first-order valence-electron chi connectivity index (χ1n) is 7.45. The molecule has 0 spiro atoms. The van der Waals surface area contributed by atoms with Gasteiger partial charge in [0.05, 0.1) is 12.2 Å². The maximum absolute atomic E-state index is 12.6. The van der Waals surface area contributed by atoms with Crippen LogP contribution in [0, 0.1) is 13.8 Å². The lowest BCUT2D eigenvalue weighted by molar-refractivity contribution is 0.208. The quantitative estimate of drug-likeness (QED) is 0.860. The van der Waals surface area contributed by atoms with Crippen LogP contribution in [0.2, 0.25) is 0 Å². The first-order chi connectivity index (χ1) is 10.5. The monoisotopic (exact) mass is 296 g/mol. The van der Waals surface area contributed by atoms with Gasteiger partial charge in [0.15, 0.2) is 0 Å². The van der Waals surface area contributed by atoms with Gasteiger partial charge in [-0.2, -0.15) is 0 Å². The number of carbonyl (C=O) groups is 1. The summed E-state index contributed by atoms with van der Waals surface area (Å²) in [5.41, 5.74) is 3.88. The Morgan fingerprint density at radius 2 is 1.82 bits per heavy atom. The predicted octanol–water partition coefficient (Wildman–Crippen LogP) is 4.12. The van der Waals surface area contributed by atoms with Gasteiger partial charge in [0.1, 0.15) is 11.9 Å². The minimum Gasteiger partial charge on any atom is -0.487 e. The highest BCUT2D eigenvalue weighted by molar-refractivity contribution is 6.03. The van der Waals surface area contributed by atoms with Crippen molar-refractivity contribution in [1.29, 1.82) is 0 Å². The SMILES string of the molecule is Cc1ccc(NC(=O)N2CC(C)Oc3ccc(C)cc32)cc1. The molecule has 0 fully saturated rings. The number of amides is 2. The zero-order chi connectivity index (χ0) is 15.7. The summed E-state index contributed by atoms with van der Waals surface area (Å²) in [5.74, 6) is 0.753. The normalized spacial score (nSPS) is 16.7. The first-order valence-corrected chi connectivity index (χ1v) is 7.45. The summed E-state index contributed by atoms with van der Waals surface area (Å²) in [6.07, 6.45) is -0.0287. The van der Waals surface area contributed by atoms with E-state index in [4.69, 9.17) is 4.74 Å². The summed E-state index contributed by atoms with van der Waals surface area (Å²) in [5, 5.41) is 2.95. The van der Waals surface area contributed by atoms with Crippen molar-refractivity contribution in [2.45, 2.75) is 26.9 Å². The van der Waals surface area contributed by atoms with Gasteiger partial charge in [0.2, 0.25) is 0 Å². The van der Waals surface area contributed by atoms with E-state index < -0.39 is 0 Å². The van der Waals surface area contributed by atoms with Crippen molar-refractivity contribution >= 4 is 17.4 Å². The molecule has 1 heterocycles. The molecule has 0 aromatic heterocycles. The van der Waals surface area contributed by atoms with Crippen LogP contribution in [0.15, 0.2) is 42.5 Å². The van der Waals surface area contributed by atoms with Crippen LogP contribution in [0.25, 0.3) is 0 Å². The van der Waals surface area contributed by atoms with E-state index in [0.29, 0.717) is 6.54 Å². The maximum Gasteiger partial charge on any atom is 0.326 e. The third kappa shape index (κ3) is 2.91. The smallest absolute Gasteiger partial charge is 0.326 e. The molecule has 1 aliphatic rings. The topological polar surface area (TPSA) is 41.6 Å². The number of fused-ring (bicyclic) bond motifs is 1. The number of urea groups is 1. The Labute approximate surface area is 130 Å². The molecule has 0 aliphatic carbocycles. The highest BCUT2D eigenvalue weighted by Gasteiger charge is 2.27. The maximum atomic E-state index is 12.6. The van der Waals surface area contributed by atoms with Crippen LogP contribution < -0.4 is 15.0 Å². The van der Waals surface area contributed by atoms with E-state index >= 15 is 0 Å². The number of hydrogen-bond donors (Lipinski definition) is 1. The van der Waals surface area contributed by atoms with Gasteiger partial charge in [0, 0.05) is 5.69 Å². The fraction of sp³-hybridized carbons (Fsp3) is 0.278. The molecule has 0 radical (unpaired) electrons. The van der Waals surface area contributed by atoms with E-state index in [1.807, 2.05) is 63.2 Å². The van der Waals surface area contributed by atoms with E-state index in [1.54, 1.807) is 4.90 Å². The molecule has 0 bridgehead atoms. The molecule has 114 valence electrons. The minimum atomic E-state index is -0.133. The van der Waals surface area contributed by atoms with Gasteiger partial charge in [-0.15, -0.1) is 0 Å². The second-order valence-corrected chi connectivity index (χ2v) is 5.81. The molecule has 1 aliphatic heterocycles. The molecule has 1 atom stereocenters. The van der Waals surface area contributed by atoms with Crippen molar-refractivity contribution < 1.29 is 9.53 Å². The van der Waals surface area contributed by atoms with Gasteiger partial charge in [-0.1, -0.05) is 23.8 Å². The molecular formula is C18H20N2O2. The van der Waals surface area contributed by atoms with Gasteiger partial charge in [-0.25, -0.2) is 4.79 Å². The van der Waals surface area contributed by atoms with Gasteiger partial charge in [-0.3, -0.25) is 4.90 Å². The highest BCUT2D eigenvalue weighted by Crippen LogP contribution is 2.34. The zero-order valence-corrected chi connectivity index (χ0v) is 13.1. The molecule has 0 saturated heterocycles. The number of hydrogen-bond acceptors (Lipinski definition) is 2. The number of anilines is 2. The molecule has 4 nitrogen and oxygen atoms in total. The van der Waals surface area contributed by atoms with Crippen LogP contribution in [0.5, 0.6) is 5.75 Å². The lowest BCUT2D eigenvalue weighted by Gasteiger charge is -2.33. The highest BCUT2D eigenvalue weighted by atomic mass is 16.5. The molecule has 2 aromatic rings. The lowest BCUT2D eigenvalue weighted by Crippen LogP contribution is -2.44. The van der Waals surface area contributed by atoms with Gasteiger partial charge in [-0.05, 0) is 50.6 Å². The zero-order valence-electron chi connectivity index (χ0n) is 13.1. The second-order valence-electron chi connectivity index (χ2n) is 5.81. The third-order valence-electron chi connectivity index (χ3n) is 3.72. The van der Waals surface area contributed by atoms with E-state index in [0.717, 1.165) is 22.7 Å². The molecule has 2 aromatic carbocycles. The fourth-order valence-electron chi connectivity index (χ4n) is 2.57. The summed E-state index contributed by atoms with van der Waals surface area (Å²) in [6.45, 7) is 6.53. The van der Waals surface area contributed by atoms with Crippen molar-refractivity contribution in [1.82, 2.24) is 0 Å². The predicted molar refractivity (Wildman–Crippen MR) is 88.8 cm³/mol. The third-order valence-corrected chi connectivity index (χ3v) is 3.72. The average molecular weight is 296 g/mol. The number of rotatable bonds is 1. The second kappa shape index (κ2) is 5.72. The summed E-state index contributed by atoms with van der Waals surface area (Å²) < 4.78 is 5.81. The van der Waals surface area contributed by atoms with Crippen molar-refractivity contribution in [3.05, 3.63) is 53.6 Å². The molecule has 2 amide bonds. The van der Waals surface area contributed by atoms with Crippen molar-refractivity contribution in [2.75, 3.05) is 16.8 Å². The summed E-state index contributed by atoms with van der Waals surface area (Å²) >= 11 is 0. The summed E-state index contributed by atoms with van der Waals surface area (Å²) in [4.78, 5) is 14.4. The van der Waals surface area contributed by atoms with Crippen LogP contribution >= 0.6 is 0 Å². The van der Waals surface area contributed by atoms with E-state index in [-0.39, 0.29) is 12.1 Å². The first kappa shape index (κ1) is 14.4. The van der Waals surface area contributed by atoms with E-state index in [1.165, 1.54) is 5.56 Å². The Morgan fingerprint density at radius 1 is 1.14 bits per heavy atom. The van der Waals surface area contributed by atoms with Crippen molar-refractivity contribution in [2.24, 2.45) is 0 Å². The number of carbonyl (C=O) groups excluding carboxylic acids is 1. The Kier molecular flexibility index (Phi) is 3.75. The molecule has 0 saturated carbocycles. The van der Waals surface area contributed by atoms with E-state index in [9.17, 15) is 4.79 Å². The van der Waals surface area contributed by atoms with Gasteiger partial charge in [0.25, 0.3) is 0 Å². The van der Waals surface area contributed by atoms with Crippen molar-refractivity contribution in [3.63, 3.8) is 0 Å². The van der Waals surface area contributed by atoms with Crippen LogP contribution in [-0.2, 0) is 0 Å². The van der Waals surface area contributed by atoms with E-state index in [2.05, 4.69) is 5.32 Å². The fourth-order valence-corrected chi connectivity index (χ4v) is 2.57. The number of nitrogens with zero attached hydrogens (tertiary/aromatic N) is 1. The molecule has 3 rings (SSSR count). The van der Waals surface area contributed by atoms with Crippen LogP contribution in [-0.4, -0.2) is 18.7 Å². The summed E-state index contributed by atoms with van der Waals surface area (Å²) in [6, 6.07) is 13.6. The van der Waals surface area contributed by atoms with Crippen LogP contribution in [0.3, 0.4) is 0 Å². The largest absolute Gasteiger partial charge is 0.487 e. The van der Waals surface area contributed by atoms with Gasteiger partial charge >= 0.3 is 6.03 Å². The summed E-state index contributed by atoms with van der Waals surface area (Å²) in [7, 11) is 0. The Bertz CT molecular complexity index is 695. The van der Waals surface area contributed by atoms with Crippen LogP contribution in [0.4, 0.5) is 16.2 Å². The average Bonchev–Trinajstić information content (AvgIpc) is 2.49. The Morgan fingerprint density at radius 3 is 2.55 bits per heavy atom. The number of nitrogens with one attached hydrogen (secondary N) is 1. The minimum absolute atomic E-state index is 0.0287. The Balaban J connectivity index is 1.86. The van der Waals surface area contributed by atoms with Crippen LogP contribution in [0.1, 0.15) is 18.1 Å². The van der Waals surface area contributed by atoms with Gasteiger partial charge < -0.3 is 10.1 Å². The Hall–Kier alpha value is -2.49.